The van der Waals surface area contributed by atoms with E-state index in [1.54, 1.807) is 25.7 Å². The van der Waals surface area contributed by atoms with Gasteiger partial charge in [-0.15, -0.1) is 0 Å². The Labute approximate surface area is 123 Å². The highest BCUT2D eigenvalue weighted by Crippen LogP contribution is 2.58. The van der Waals surface area contributed by atoms with Gasteiger partial charge in [0.25, 0.3) is 0 Å². The Balaban J connectivity index is 1.78. The van der Waals surface area contributed by atoms with Gasteiger partial charge in [-0.2, -0.15) is 13.2 Å². The first-order chi connectivity index (χ1) is 9.51. The predicted molar refractivity (Wildman–Crippen MR) is 71.9 cm³/mol. The first kappa shape index (κ1) is 16.4. The van der Waals surface area contributed by atoms with Gasteiger partial charge < -0.3 is 15.0 Å². The number of alkyl halides is 3. The lowest BCUT2D eigenvalue weighted by Gasteiger charge is -2.26. The summed E-state index contributed by atoms with van der Waals surface area (Å²) in [5, 5.41) is 2.73. The van der Waals surface area contributed by atoms with Crippen molar-refractivity contribution in [2.75, 3.05) is 19.6 Å². The maximum Gasteiger partial charge on any atom is 0.407 e. The van der Waals surface area contributed by atoms with E-state index in [1.807, 2.05) is 0 Å². The molecule has 0 aromatic carbocycles. The molecule has 1 saturated heterocycles. The van der Waals surface area contributed by atoms with Crippen molar-refractivity contribution in [3.05, 3.63) is 0 Å². The zero-order valence-electron chi connectivity index (χ0n) is 12.7. The molecular weight excluding hydrogens is 285 g/mol. The molecule has 0 aromatic heterocycles. The minimum Gasteiger partial charge on any atom is -0.444 e. The molecule has 1 N–H and O–H groups in total. The molecule has 7 heteroatoms. The van der Waals surface area contributed by atoms with E-state index in [0.717, 1.165) is 0 Å². The lowest BCUT2D eigenvalue weighted by atomic mass is 10.1. The van der Waals surface area contributed by atoms with Crippen LogP contribution >= 0.6 is 0 Å². The molecule has 0 radical (unpaired) electrons. The highest BCUT2D eigenvalue weighted by atomic mass is 19.4. The van der Waals surface area contributed by atoms with Crippen LogP contribution < -0.4 is 5.32 Å². The van der Waals surface area contributed by atoms with Crippen LogP contribution in [-0.4, -0.2) is 48.4 Å². The SMILES string of the molecule is CC(C)(C)OC(=O)N[C@@H]1CCN(CC2(C(F)(F)F)CC2)C1. The second-order valence-corrected chi connectivity index (χ2v) is 7.15. The van der Waals surface area contributed by atoms with Gasteiger partial charge >= 0.3 is 12.3 Å². The molecule has 1 aliphatic carbocycles. The van der Waals surface area contributed by atoms with E-state index in [0.29, 0.717) is 19.5 Å². The average Bonchev–Trinajstić information content (AvgIpc) is 2.92. The van der Waals surface area contributed by atoms with Crippen LogP contribution in [0.15, 0.2) is 0 Å². The predicted octanol–water partition coefficient (Wildman–Crippen LogP) is 2.93. The zero-order chi connectivity index (χ0) is 15.9. The summed E-state index contributed by atoms with van der Waals surface area (Å²) in [5.74, 6) is 0. The molecule has 4 nitrogen and oxygen atoms in total. The molecule has 0 bridgehead atoms. The highest BCUT2D eigenvalue weighted by Gasteiger charge is 2.63. The molecular formula is C14H23F3N2O2. The van der Waals surface area contributed by atoms with Crippen LogP contribution in [0.5, 0.6) is 0 Å². The Bertz CT molecular complexity index is 400. The van der Waals surface area contributed by atoms with Crippen molar-refractivity contribution < 1.29 is 22.7 Å². The first-order valence-corrected chi connectivity index (χ1v) is 7.29. The molecule has 21 heavy (non-hydrogen) atoms. The van der Waals surface area contributed by atoms with Gasteiger partial charge in [0.15, 0.2) is 0 Å². The Morgan fingerprint density at radius 1 is 1.33 bits per heavy atom. The van der Waals surface area contributed by atoms with E-state index in [1.165, 1.54) is 0 Å². The summed E-state index contributed by atoms with van der Waals surface area (Å²) in [4.78, 5) is 13.4. The van der Waals surface area contributed by atoms with Crippen LogP contribution in [0.25, 0.3) is 0 Å². The van der Waals surface area contributed by atoms with Gasteiger partial charge in [0, 0.05) is 25.7 Å². The minimum atomic E-state index is -4.12. The van der Waals surface area contributed by atoms with Gasteiger partial charge in [-0.25, -0.2) is 4.79 Å². The summed E-state index contributed by atoms with van der Waals surface area (Å²) in [6, 6.07) is -0.135. The molecule has 1 heterocycles. The smallest absolute Gasteiger partial charge is 0.407 e. The van der Waals surface area contributed by atoms with Gasteiger partial charge in [0.05, 0.1) is 5.41 Å². The van der Waals surface area contributed by atoms with Gasteiger partial charge in [-0.1, -0.05) is 0 Å². The molecule has 2 fully saturated rings. The molecule has 1 saturated carbocycles. The number of hydrogen-bond acceptors (Lipinski definition) is 3. The average molecular weight is 308 g/mol. The molecule has 122 valence electrons. The number of hydrogen-bond donors (Lipinski definition) is 1. The number of carbonyl (C=O) groups excluding carboxylic acids is 1. The van der Waals surface area contributed by atoms with E-state index < -0.39 is 23.3 Å². The minimum absolute atomic E-state index is 0.0446. The summed E-state index contributed by atoms with van der Waals surface area (Å²) < 4.78 is 43.9. The zero-order valence-corrected chi connectivity index (χ0v) is 12.7. The molecule has 0 spiro atoms. The van der Waals surface area contributed by atoms with Crippen LogP contribution in [0.4, 0.5) is 18.0 Å². The molecule has 0 aromatic rings. The second kappa shape index (κ2) is 5.34. The van der Waals surface area contributed by atoms with E-state index in [4.69, 9.17) is 4.74 Å². The van der Waals surface area contributed by atoms with Crippen LogP contribution in [-0.2, 0) is 4.74 Å². The fourth-order valence-corrected chi connectivity index (χ4v) is 2.68. The van der Waals surface area contributed by atoms with E-state index in [9.17, 15) is 18.0 Å². The number of likely N-dealkylation sites (tertiary alicyclic amines) is 1. The maximum absolute atomic E-state index is 12.9. The number of nitrogens with zero attached hydrogens (tertiary/aromatic N) is 1. The number of alkyl carbamates (subject to hydrolysis) is 1. The molecule has 0 unspecified atom stereocenters. The normalized spacial score (nSPS) is 25.7. The number of halogens is 3. The third kappa shape index (κ3) is 4.25. The molecule has 1 aliphatic heterocycles. The molecule has 1 amide bonds. The van der Waals surface area contributed by atoms with Gasteiger partial charge in [-0.3, -0.25) is 0 Å². The molecule has 1 atom stereocenters. The quantitative estimate of drug-likeness (QED) is 0.871. The first-order valence-electron chi connectivity index (χ1n) is 7.29. The van der Waals surface area contributed by atoms with Crippen LogP contribution in [0.1, 0.15) is 40.0 Å². The lowest BCUT2D eigenvalue weighted by Crippen LogP contribution is -2.42. The summed E-state index contributed by atoms with van der Waals surface area (Å²) in [5.41, 5.74) is -2.08. The summed E-state index contributed by atoms with van der Waals surface area (Å²) in [6.45, 7) is 6.40. The van der Waals surface area contributed by atoms with Crippen molar-refractivity contribution in [1.82, 2.24) is 10.2 Å². The third-order valence-electron chi connectivity index (χ3n) is 3.97. The summed E-state index contributed by atoms with van der Waals surface area (Å²) in [7, 11) is 0. The standard InChI is InChI=1S/C14H23F3N2O2/c1-12(2,3)21-11(20)18-10-4-7-19(8-10)9-13(5-6-13)14(15,16)17/h10H,4-9H2,1-3H3,(H,18,20)/t10-/m1/s1. The van der Waals surface area contributed by atoms with E-state index in [-0.39, 0.29) is 25.4 Å². The lowest BCUT2D eigenvalue weighted by molar-refractivity contribution is -0.191. The number of amides is 1. The second-order valence-electron chi connectivity index (χ2n) is 7.15. The van der Waals surface area contributed by atoms with Crippen molar-refractivity contribution >= 4 is 6.09 Å². The van der Waals surface area contributed by atoms with Crippen molar-refractivity contribution in [1.29, 1.82) is 0 Å². The fraction of sp³-hybridized carbons (Fsp3) is 0.929. The van der Waals surface area contributed by atoms with Gasteiger partial charge in [-0.05, 0) is 40.0 Å². The number of nitrogens with one attached hydrogen (secondary N) is 1. The summed E-state index contributed by atoms with van der Waals surface area (Å²) in [6.07, 6.45) is -3.53. The van der Waals surface area contributed by atoms with Gasteiger partial charge in [0.1, 0.15) is 5.60 Å². The highest BCUT2D eigenvalue weighted by molar-refractivity contribution is 5.68. The van der Waals surface area contributed by atoms with Crippen LogP contribution in [0, 0.1) is 5.41 Å². The topological polar surface area (TPSA) is 41.6 Å². The Hall–Kier alpha value is -0.980. The summed E-state index contributed by atoms with van der Waals surface area (Å²) >= 11 is 0. The Morgan fingerprint density at radius 3 is 2.43 bits per heavy atom. The molecule has 2 aliphatic rings. The number of rotatable bonds is 3. The number of ether oxygens (including phenoxy) is 1. The Kier molecular flexibility index (Phi) is 4.17. The Morgan fingerprint density at radius 2 is 1.95 bits per heavy atom. The third-order valence-corrected chi connectivity index (χ3v) is 3.97. The molecule has 2 rings (SSSR count). The number of carbonyl (C=O) groups is 1. The van der Waals surface area contributed by atoms with E-state index >= 15 is 0 Å². The van der Waals surface area contributed by atoms with E-state index in [2.05, 4.69) is 5.32 Å². The van der Waals surface area contributed by atoms with Gasteiger partial charge in [0.2, 0.25) is 0 Å². The van der Waals surface area contributed by atoms with Crippen LogP contribution in [0.2, 0.25) is 0 Å². The largest absolute Gasteiger partial charge is 0.444 e. The monoisotopic (exact) mass is 308 g/mol. The fourth-order valence-electron chi connectivity index (χ4n) is 2.68. The van der Waals surface area contributed by atoms with Crippen LogP contribution in [0.3, 0.4) is 0 Å². The van der Waals surface area contributed by atoms with Crippen molar-refractivity contribution in [2.24, 2.45) is 5.41 Å². The van der Waals surface area contributed by atoms with Crippen molar-refractivity contribution in [3.63, 3.8) is 0 Å². The van der Waals surface area contributed by atoms with Crippen molar-refractivity contribution in [3.8, 4) is 0 Å². The van der Waals surface area contributed by atoms with Crippen molar-refractivity contribution in [2.45, 2.75) is 57.9 Å². The maximum atomic E-state index is 12.9.